The molecule has 0 aliphatic rings. The lowest BCUT2D eigenvalue weighted by Gasteiger charge is -2.26. The number of carbonyl (C=O) groups is 2. The number of rotatable bonds is 5. The zero-order chi connectivity index (χ0) is 15.3. The van der Waals surface area contributed by atoms with Crippen molar-refractivity contribution >= 4 is 11.9 Å². The second kappa shape index (κ2) is 6.93. The zero-order valence-electron chi connectivity index (χ0n) is 12.3. The van der Waals surface area contributed by atoms with E-state index < -0.39 is 5.97 Å². The van der Waals surface area contributed by atoms with E-state index in [4.69, 9.17) is 4.74 Å². The number of carbonyl (C=O) groups excluding carboxylic acids is 2. The van der Waals surface area contributed by atoms with E-state index in [1.54, 1.807) is 19.9 Å². The fourth-order valence-electron chi connectivity index (χ4n) is 1.88. The fourth-order valence-corrected chi connectivity index (χ4v) is 1.88. The first-order chi connectivity index (χ1) is 9.36. The zero-order valence-corrected chi connectivity index (χ0v) is 12.3. The molecule has 0 spiro atoms. The van der Waals surface area contributed by atoms with Crippen molar-refractivity contribution in [2.45, 2.75) is 33.7 Å². The minimum atomic E-state index is -0.425. The number of hydrogen-bond acceptors (Lipinski definition) is 4. The van der Waals surface area contributed by atoms with Crippen LogP contribution in [-0.4, -0.2) is 41.1 Å². The van der Waals surface area contributed by atoms with Gasteiger partial charge in [-0.2, -0.15) is 0 Å². The summed E-state index contributed by atoms with van der Waals surface area (Å²) in [6.07, 6.45) is 0. The van der Waals surface area contributed by atoms with Crippen molar-refractivity contribution in [3.05, 3.63) is 29.3 Å². The van der Waals surface area contributed by atoms with Gasteiger partial charge in [0.25, 0.3) is 5.91 Å². The molecule has 5 nitrogen and oxygen atoms in total. The average Bonchev–Trinajstić information content (AvgIpc) is 2.35. The van der Waals surface area contributed by atoms with Crippen molar-refractivity contribution < 1.29 is 19.4 Å². The topological polar surface area (TPSA) is 66.8 Å². The molecule has 0 aliphatic carbocycles. The van der Waals surface area contributed by atoms with Gasteiger partial charge in [0.2, 0.25) is 0 Å². The van der Waals surface area contributed by atoms with Crippen LogP contribution < -0.4 is 0 Å². The molecule has 5 heteroatoms. The minimum absolute atomic E-state index is 0.0787. The lowest BCUT2D eigenvalue weighted by Crippen LogP contribution is -2.41. The van der Waals surface area contributed by atoms with E-state index >= 15 is 0 Å². The maximum atomic E-state index is 12.5. The molecule has 0 fully saturated rings. The first kappa shape index (κ1) is 16.0. The van der Waals surface area contributed by atoms with Gasteiger partial charge in [-0.15, -0.1) is 0 Å². The molecule has 1 rings (SSSR count). The van der Waals surface area contributed by atoms with Crippen LogP contribution in [0, 0.1) is 6.92 Å². The molecule has 0 saturated carbocycles. The van der Waals surface area contributed by atoms with E-state index in [1.807, 2.05) is 13.8 Å². The van der Waals surface area contributed by atoms with Gasteiger partial charge in [-0.05, 0) is 51.5 Å². The quantitative estimate of drug-likeness (QED) is 0.838. The summed E-state index contributed by atoms with van der Waals surface area (Å²) in [5.74, 6) is -0.558. The smallest absolute Gasteiger partial charge is 0.325 e. The second-order valence-electron chi connectivity index (χ2n) is 4.83. The molecule has 0 heterocycles. The Morgan fingerprint density at radius 3 is 2.50 bits per heavy atom. The first-order valence-corrected chi connectivity index (χ1v) is 6.63. The highest BCUT2D eigenvalue weighted by molar-refractivity contribution is 5.97. The van der Waals surface area contributed by atoms with Crippen molar-refractivity contribution in [1.82, 2.24) is 4.90 Å². The summed E-state index contributed by atoms with van der Waals surface area (Å²) in [5, 5.41) is 9.38. The number of ether oxygens (including phenoxy) is 1. The van der Waals surface area contributed by atoms with Gasteiger partial charge in [0, 0.05) is 11.6 Å². The van der Waals surface area contributed by atoms with Crippen LogP contribution in [0.5, 0.6) is 5.75 Å². The van der Waals surface area contributed by atoms with Crippen LogP contribution in [0.15, 0.2) is 18.2 Å². The van der Waals surface area contributed by atoms with Crippen molar-refractivity contribution in [2.75, 3.05) is 13.2 Å². The van der Waals surface area contributed by atoms with Gasteiger partial charge in [0.05, 0.1) is 6.61 Å². The first-order valence-electron chi connectivity index (χ1n) is 6.63. The molecule has 0 unspecified atom stereocenters. The number of hydrogen-bond donors (Lipinski definition) is 1. The van der Waals surface area contributed by atoms with E-state index in [9.17, 15) is 14.7 Å². The molecule has 1 N–H and O–H groups in total. The van der Waals surface area contributed by atoms with Gasteiger partial charge in [-0.1, -0.05) is 0 Å². The fraction of sp³-hybridized carbons (Fsp3) is 0.467. The lowest BCUT2D eigenvalue weighted by molar-refractivity contribution is -0.144. The van der Waals surface area contributed by atoms with Crippen molar-refractivity contribution in [3.8, 4) is 5.75 Å². The SMILES string of the molecule is CCOC(=O)CN(C(=O)c1ccc(O)cc1C)C(C)C. The molecule has 1 aromatic carbocycles. The molecule has 1 amide bonds. The normalized spacial score (nSPS) is 10.4. The molecule has 20 heavy (non-hydrogen) atoms. The Hall–Kier alpha value is -2.04. The van der Waals surface area contributed by atoms with E-state index in [0.717, 1.165) is 0 Å². The van der Waals surface area contributed by atoms with Crippen molar-refractivity contribution in [3.63, 3.8) is 0 Å². The largest absolute Gasteiger partial charge is 0.508 e. The van der Waals surface area contributed by atoms with Crippen LogP contribution in [0.4, 0.5) is 0 Å². The Bertz CT molecular complexity index is 497. The van der Waals surface area contributed by atoms with Crippen molar-refractivity contribution in [2.24, 2.45) is 0 Å². The monoisotopic (exact) mass is 279 g/mol. The molecule has 0 bridgehead atoms. The van der Waals surface area contributed by atoms with E-state index in [1.165, 1.54) is 17.0 Å². The predicted molar refractivity (Wildman–Crippen MR) is 75.6 cm³/mol. The summed E-state index contributed by atoms with van der Waals surface area (Å²) in [6, 6.07) is 4.42. The van der Waals surface area contributed by atoms with Crippen LogP contribution in [-0.2, 0) is 9.53 Å². The number of benzene rings is 1. The van der Waals surface area contributed by atoms with E-state index in [0.29, 0.717) is 11.1 Å². The van der Waals surface area contributed by atoms with Crippen molar-refractivity contribution in [1.29, 1.82) is 0 Å². The highest BCUT2D eigenvalue weighted by atomic mass is 16.5. The maximum Gasteiger partial charge on any atom is 0.325 e. The lowest BCUT2D eigenvalue weighted by atomic mass is 10.1. The number of esters is 1. The van der Waals surface area contributed by atoms with E-state index in [2.05, 4.69) is 0 Å². The second-order valence-corrected chi connectivity index (χ2v) is 4.83. The molecule has 0 atom stereocenters. The van der Waals surface area contributed by atoms with E-state index in [-0.39, 0.29) is 30.9 Å². The molecular weight excluding hydrogens is 258 g/mol. The van der Waals surface area contributed by atoms with Gasteiger partial charge in [0.15, 0.2) is 0 Å². The molecule has 0 aliphatic heterocycles. The van der Waals surface area contributed by atoms with Gasteiger partial charge in [-0.3, -0.25) is 9.59 Å². The Morgan fingerprint density at radius 2 is 2.00 bits per heavy atom. The third-order valence-electron chi connectivity index (χ3n) is 2.93. The molecule has 0 saturated heterocycles. The number of aromatic hydroxyl groups is 1. The van der Waals surface area contributed by atoms with Gasteiger partial charge >= 0.3 is 5.97 Å². The van der Waals surface area contributed by atoms with Crippen LogP contribution in [0.3, 0.4) is 0 Å². The Morgan fingerprint density at radius 1 is 1.35 bits per heavy atom. The number of amides is 1. The van der Waals surface area contributed by atoms with Crippen LogP contribution in [0.2, 0.25) is 0 Å². The summed E-state index contributed by atoms with van der Waals surface area (Å²) >= 11 is 0. The van der Waals surface area contributed by atoms with Crippen LogP contribution in [0.25, 0.3) is 0 Å². The summed E-state index contributed by atoms with van der Waals surface area (Å²) in [6.45, 7) is 7.36. The molecule has 110 valence electrons. The molecular formula is C15H21NO4. The predicted octanol–water partition coefficient (Wildman–Crippen LogP) is 2.11. The third-order valence-corrected chi connectivity index (χ3v) is 2.93. The van der Waals surface area contributed by atoms with Gasteiger partial charge in [-0.25, -0.2) is 0 Å². The minimum Gasteiger partial charge on any atom is -0.508 e. The Balaban J connectivity index is 2.96. The average molecular weight is 279 g/mol. The Kier molecular flexibility index (Phi) is 5.55. The number of nitrogens with zero attached hydrogens (tertiary/aromatic N) is 1. The standard InChI is InChI=1S/C15H21NO4/c1-5-20-14(18)9-16(10(2)3)15(19)13-7-6-12(17)8-11(13)4/h6-8,10,17H,5,9H2,1-4H3. The Labute approximate surface area is 119 Å². The third kappa shape index (κ3) is 3.98. The molecule has 1 aromatic rings. The molecule has 0 aromatic heterocycles. The van der Waals surface area contributed by atoms with Gasteiger partial charge in [0.1, 0.15) is 12.3 Å². The highest BCUT2D eigenvalue weighted by Crippen LogP contribution is 2.18. The van der Waals surface area contributed by atoms with Crippen LogP contribution in [0.1, 0.15) is 36.7 Å². The number of phenolic OH excluding ortho intramolecular Hbond substituents is 1. The summed E-state index contributed by atoms with van der Waals surface area (Å²) in [7, 11) is 0. The molecule has 0 radical (unpaired) electrons. The number of aryl methyl sites for hydroxylation is 1. The maximum absolute atomic E-state index is 12.5. The number of phenols is 1. The summed E-state index contributed by atoms with van der Waals surface area (Å²) < 4.78 is 4.89. The summed E-state index contributed by atoms with van der Waals surface area (Å²) in [5.41, 5.74) is 1.14. The van der Waals surface area contributed by atoms with Crippen LogP contribution >= 0.6 is 0 Å². The summed E-state index contributed by atoms with van der Waals surface area (Å²) in [4.78, 5) is 25.5. The van der Waals surface area contributed by atoms with Gasteiger partial charge < -0.3 is 14.7 Å². The highest BCUT2D eigenvalue weighted by Gasteiger charge is 2.23.